The minimum absolute atomic E-state index is 0.111. The van der Waals surface area contributed by atoms with Crippen LogP contribution in [0.5, 0.6) is 0 Å². The van der Waals surface area contributed by atoms with Crippen LogP contribution in [-0.4, -0.2) is 5.91 Å². The third-order valence-corrected chi connectivity index (χ3v) is 3.24. The summed E-state index contributed by atoms with van der Waals surface area (Å²) < 4.78 is 14.2. The van der Waals surface area contributed by atoms with Crippen LogP contribution in [0.25, 0.3) is 0 Å². The van der Waals surface area contributed by atoms with E-state index < -0.39 is 11.7 Å². The molecule has 0 atom stereocenters. The highest BCUT2D eigenvalue weighted by atomic mass is 79.9. The van der Waals surface area contributed by atoms with Crippen LogP contribution in [-0.2, 0) is 0 Å². The second-order valence-corrected chi connectivity index (χ2v) is 5.03. The molecule has 2 rings (SSSR count). The molecule has 5 heteroatoms. The molecule has 1 amide bonds. The number of nitrogen functional groups attached to an aromatic ring is 1. The third kappa shape index (κ3) is 2.93. The molecule has 3 N–H and O–H groups in total. The molecule has 0 aliphatic rings. The van der Waals surface area contributed by atoms with Gasteiger partial charge in [0.05, 0.1) is 11.3 Å². The summed E-state index contributed by atoms with van der Waals surface area (Å²) in [6.07, 6.45) is 0. The van der Waals surface area contributed by atoms with Crippen molar-refractivity contribution in [2.75, 3.05) is 11.1 Å². The molecule has 0 bridgehead atoms. The Bertz CT molecular complexity index is 643. The van der Waals surface area contributed by atoms with Crippen molar-refractivity contribution in [3.8, 4) is 0 Å². The van der Waals surface area contributed by atoms with Gasteiger partial charge in [0.25, 0.3) is 5.91 Å². The van der Waals surface area contributed by atoms with Gasteiger partial charge in [0.15, 0.2) is 0 Å². The van der Waals surface area contributed by atoms with Gasteiger partial charge in [-0.15, -0.1) is 0 Å². The molecule has 19 heavy (non-hydrogen) atoms. The number of carbonyl (C=O) groups is 1. The van der Waals surface area contributed by atoms with E-state index in [1.807, 2.05) is 13.0 Å². The normalized spacial score (nSPS) is 10.3. The number of nitrogens with one attached hydrogen (secondary N) is 1. The summed E-state index contributed by atoms with van der Waals surface area (Å²) in [4.78, 5) is 12.1. The van der Waals surface area contributed by atoms with Crippen molar-refractivity contribution in [2.45, 2.75) is 6.92 Å². The maximum absolute atomic E-state index is 13.6. The number of aryl methyl sites for hydroxylation is 1. The highest BCUT2D eigenvalue weighted by Gasteiger charge is 2.13. The zero-order chi connectivity index (χ0) is 14.0. The molecule has 98 valence electrons. The lowest BCUT2D eigenvalue weighted by atomic mass is 10.1. The first-order chi connectivity index (χ1) is 8.99. The van der Waals surface area contributed by atoms with Gasteiger partial charge in [0.1, 0.15) is 5.82 Å². The van der Waals surface area contributed by atoms with Gasteiger partial charge in [-0.2, -0.15) is 0 Å². The SMILES string of the molecule is Cc1cccc(C(=O)Nc2cc(Br)ccc2F)c1N. The van der Waals surface area contributed by atoms with Gasteiger partial charge in [0, 0.05) is 10.2 Å². The van der Waals surface area contributed by atoms with E-state index >= 15 is 0 Å². The van der Waals surface area contributed by atoms with Crippen LogP contribution >= 0.6 is 15.9 Å². The van der Waals surface area contributed by atoms with E-state index in [-0.39, 0.29) is 5.69 Å². The van der Waals surface area contributed by atoms with E-state index in [0.29, 0.717) is 15.7 Å². The van der Waals surface area contributed by atoms with Crippen LogP contribution in [0, 0.1) is 12.7 Å². The fraction of sp³-hybridized carbons (Fsp3) is 0.0714. The Morgan fingerprint density at radius 2 is 2.05 bits per heavy atom. The molecule has 0 aliphatic heterocycles. The highest BCUT2D eigenvalue weighted by molar-refractivity contribution is 9.10. The summed E-state index contributed by atoms with van der Waals surface area (Å²) in [5, 5.41) is 2.51. The Kier molecular flexibility index (Phi) is 3.85. The summed E-state index contributed by atoms with van der Waals surface area (Å²) in [5.41, 5.74) is 7.49. The van der Waals surface area contributed by atoms with Crippen LogP contribution < -0.4 is 11.1 Å². The molecule has 2 aromatic rings. The Hall–Kier alpha value is -1.88. The number of halogens is 2. The number of hydrogen-bond acceptors (Lipinski definition) is 2. The fourth-order valence-electron chi connectivity index (χ4n) is 1.66. The molecule has 0 saturated heterocycles. The monoisotopic (exact) mass is 322 g/mol. The number of rotatable bonds is 2. The topological polar surface area (TPSA) is 55.1 Å². The summed E-state index contributed by atoms with van der Waals surface area (Å²) in [7, 11) is 0. The molecule has 0 heterocycles. The summed E-state index contributed by atoms with van der Waals surface area (Å²) >= 11 is 3.23. The number of hydrogen-bond donors (Lipinski definition) is 2. The fourth-order valence-corrected chi connectivity index (χ4v) is 2.02. The number of benzene rings is 2. The Morgan fingerprint density at radius 1 is 1.32 bits per heavy atom. The number of para-hydroxylation sites is 1. The van der Waals surface area contributed by atoms with Crippen LogP contribution in [0.15, 0.2) is 40.9 Å². The minimum Gasteiger partial charge on any atom is -0.398 e. The van der Waals surface area contributed by atoms with Crippen molar-refractivity contribution in [2.24, 2.45) is 0 Å². The second kappa shape index (κ2) is 5.40. The average Bonchev–Trinajstić information content (AvgIpc) is 2.37. The van der Waals surface area contributed by atoms with Crippen molar-refractivity contribution in [1.29, 1.82) is 0 Å². The Labute approximate surface area is 118 Å². The highest BCUT2D eigenvalue weighted by Crippen LogP contribution is 2.22. The molecule has 0 aliphatic carbocycles. The van der Waals surface area contributed by atoms with Gasteiger partial charge in [-0.25, -0.2) is 4.39 Å². The van der Waals surface area contributed by atoms with E-state index in [1.165, 1.54) is 12.1 Å². The van der Waals surface area contributed by atoms with E-state index in [2.05, 4.69) is 21.2 Å². The maximum Gasteiger partial charge on any atom is 0.257 e. The largest absolute Gasteiger partial charge is 0.398 e. The zero-order valence-electron chi connectivity index (χ0n) is 10.2. The predicted octanol–water partition coefficient (Wildman–Crippen LogP) is 3.73. The lowest BCUT2D eigenvalue weighted by molar-refractivity contribution is 0.102. The van der Waals surface area contributed by atoms with Gasteiger partial charge in [0.2, 0.25) is 0 Å². The molecule has 0 saturated carbocycles. The smallest absolute Gasteiger partial charge is 0.257 e. The predicted molar refractivity (Wildman–Crippen MR) is 77.6 cm³/mol. The van der Waals surface area contributed by atoms with Gasteiger partial charge in [-0.3, -0.25) is 4.79 Å². The van der Waals surface area contributed by atoms with E-state index in [4.69, 9.17) is 5.73 Å². The lowest BCUT2D eigenvalue weighted by Gasteiger charge is -2.10. The average molecular weight is 323 g/mol. The first-order valence-electron chi connectivity index (χ1n) is 5.60. The van der Waals surface area contributed by atoms with Gasteiger partial charge < -0.3 is 11.1 Å². The molecule has 0 fully saturated rings. The van der Waals surface area contributed by atoms with Crippen LogP contribution in [0.4, 0.5) is 15.8 Å². The standard InChI is InChI=1S/C14H12BrFN2O/c1-8-3-2-4-10(13(8)17)14(19)18-12-7-9(15)5-6-11(12)16/h2-7H,17H2,1H3,(H,18,19). The Balaban J connectivity index is 2.31. The van der Waals surface area contributed by atoms with Gasteiger partial charge in [-0.1, -0.05) is 28.1 Å². The molecule has 0 aromatic heterocycles. The van der Waals surface area contributed by atoms with Crippen molar-refractivity contribution >= 4 is 33.2 Å². The van der Waals surface area contributed by atoms with Gasteiger partial charge in [-0.05, 0) is 36.8 Å². The third-order valence-electron chi connectivity index (χ3n) is 2.75. The number of carbonyl (C=O) groups excluding carboxylic acids is 1. The number of nitrogens with two attached hydrogens (primary N) is 1. The summed E-state index contributed by atoms with van der Waals surface area (Å²) in [5.74, 6) is -0.930. The van der Waals surface area contributed by atoms with Crippen LogP contribution in [0.3, 0.4) is 0 Å². The summed E-state index contributed by atoms with van der Waals surface area (Å²) in [6, 6.07) is 9.49. The van der Waals surface area contributed by atoms with Crippen molar-refractivity contribution < 1.29 is 9.18 Å². The zero-order valence-corrected chi connectivity index (χ0v) is 11.8. The number of anilines is 2. The molecule has 3 nitrogen and oxygen atoms in total. The first kappa shape index (κ1) is 13.5. The van der Waals surface area contributed by atoms with Gasteiger partial charge >= 0.3 is 0 Å². The van der Waals surface area contributed by atoms with E-state index in [1.54, 1.807) is 18.2 Å². The Morgan fingerprint density at radius 3 is 2.79 bits per heavy atom. The number of amides is 1. The molecule has 0 radical (unpaired) electrons. The van der Waals surface area contributed by atoms with Crippen molar-refractivity contribution in [3.05, 3.63) is 57.8 Å². The molecular formula is C14H12BrFN2O. The quantitative estimate of drug-likeness (QED) is 0.828. The first-order valence-corrected chi connectivity index (χ1v) is 6.40. The molecule has 2 aromatic carbocycles. The van der Waals surface area contributed by atoms with Crippen molar-refractivity contribution in [3.63, 3.8) is 0 Å². The van der Waals surface area contributed by atoms with Crippen LogP contribution in [0.1, 0.15) is 15.9 Å². The van der Waals surface area contributed by atoms with E-state index in [0.717, 1.165) is 5.56 Å². The van der Waals surface area contributed by atoms with E-state index in [9.17, 15) is 9.18 Å². The maximum atomic E-state index is 13.6. The lowest BCUT2D eigenvalue weighted by Crippen LogP contribution is -2.15. The second-order valence-electron chi connectivity index (χ2n) is 4.11. The molecule has 0 unspecified atom stereocenters. The van der Waals surface area contributed by atoms with Crippen molar-refractivity contribution in [1.82, 2.24) is 0 Å². The molecular weight excluding hydrogens is 311 g/mol. The summed E-state index contributed by atoms with van der Waals surface area (Å²) in [6.45, 7) is 1.81. The minimum atomic E-state index is -0.497. The molecule has 0 spiro atoms. The van der Waals surface area contributed by atoms with Crippen LogP contribution in [0.2, 0.25) is 0 Å².